The number of nitrogens with one attached hydrogen (secondary N) is 3. The maximum atomic E-state index is 11.9. The Balaban J connectivity index is 1.81. The molecule has 0 aliphatic carbocycles. The van der Waals surface area contributed by atoms with Crippen LogP contribution in [-0.4, -0.2) is 44.9 Å². The van der Waals surface area contributed by atoms with E-state index in [1.807, 2.05) is 0 Å². The van der Waals surface area contributed by atoms with Crippen molar-refractivity contribution in [2.24, 2.45) is 0 Å². The minimum absolute atomic E-state index is 0.0546. The average Bonchev–Trinajstić information content (AvgIpc) is 2.50. The predicted octanol–water partition coefficient (Wildman–Crippen LogP) is 1.18. The van der Waals surface area contributed by atoms with Crippen molar-refractivity contribution in [1.82, 2.24) is 5.32 Å². The summed E-state index contributed by atoms with van der Waals surface area (Å²) in [6.45, 7) is 2.01. The Bertz CT molecular complexity index is 483. The summed E-state index contributed by atoms with van der Waals surface area (Å²) < 4.78 is 9.80. The number of amides is 2. The summed E-state index contributed by atoms with van der Waals surface area (Å²) in [5, 5.41) is 8.57. The van der Waals surface area contributed by atoms with Crippen molar-refractivity contribution < 1.29 is 19.1 Å². The number of carbonyl (C=O) groups excluding carboxylic acids is 2. The molecule has 114 valence electrons. The van der Waals surface area contributed by atoms with E-state index in [1.165, 1.54) is 7.11 Å². The Hall–Kier alpha value is -2.12. The van der Waals surface area contributed by atoms with Crippen LogP contribution in [0, 0.1) is 0 Å². The molecular formula is C14H19N3O4. The minimum Gasteiger partial charge on any atom is -0.453 e. The van der Waals surface area contributed by atoms with Crippen LogP contribution in [0.4, 0.5) is 16.2 Å². The van der Waals surface area contributed by atoms with E-state index in [-0.39, 0.29) is 11.9 Å². The van der Waals surface area contributed by atoms with E-state index in [0.717, 1.165) is 6.54 Å². The predicted molar refractivity (Wildman–Crippen MR) is 78.3 cm³/mol. The maximum Gasteiger partial charge on any atom is 0.411 e. The highest BCUT2D eigenvalue weighted by molar-refractivity contribution is 5.91. The zero-order valence-electron chi connectivity index (χ0n) is 11.8. The van der Waals surface area contributed by atoms with E-state index < -0.39 is 6.09 Å². The fraction of sp³-hybridized carbons (Fsp3) is 0.429. The first-order valence-electron chi connectivity index (χ1n) is 6.73. The number of ether oxygens (including phenoxy) is 2. The van der Waals surface area contributed by atoms with Gasteiger partial charge in [0.1, 0.15) is 0 Å². The van der Waals surface area contributed by atoms with Crippen molar-refractivity contribution in [2.75, 3.05) is 37.5 Å². The van der Waals surface area contributed by atoms with Gasteiger partial charge in [0.25, 0.3) is 0 Å². The molecular weight excluding hydrogens is 274 g/mol. The summed E-state index contributed by atoms with van der Waals surface area (Å²) >= 11 is 0. The lowest BCUT2D eigenvalue weighted by molar-refractivity contribution is -0.117. The molecule has 0 aromatic heterocycles. The van der Waals surface area contributed by atoms with Gasteiger partial charge < -0.3 is 20.1 Å². The van der Waals surface area contributed by atoms with Gasteiger partial charge in [-0.3, -0.25) is 10.1 Å². The van der Waals surface area contributed by atoms with Crippen LogP contribution in [0.2, 0.25) is 0 Å². The van der Waals surface area contributed by atoms with Gasteiger partial charge >= 0.3 is 6.09 Å². The second kappa shape index (κ2) is 7.61. The zero-order valence-corrected chi connectivity index (χ0v) is 11.8. The number of rotatable bonds is 4. The van der Waals surface area contributed by atoms with Crippen LogP contribution in [0.1, 0.15) is 6.42 Å². The van der Waals surface area contributed by atoms with Crippen LogP contribution in [0.3, 0.4) is 0 Å². The summed E-state index contributed by atoms with van der Waals surface area (Å²) in [4.78, 5) is 22.9. The lowest BCUT2D eigenvalue weighted by atomic mass is 10.2. The zero-order chi connectivity index (χ0) is 15.1. The molecule has 7 nitrogen and oxygen atoms in total. The van der Waals surface area contributed by atoms with E-state index in [0.29, 0.717) is 31.0 Å². The Kier molecular flexibility index (Phi) is 5.53. The van der Waals surface area contributed by atoms with Crippen LogP contribution >= 0.6 is 0 Å². The molecule has 3 N–H and O–H groups in total. The fourth-order valence-corrected chi connectivity index (χ4v) is 1.99. The fourth-order valence-electron chi connectivity index (χ4n) is 1.99. The first-order valence-corrected chi connectivity index (χ1v) is 6.73. The summed E-state index contributed by atoms with van der Waals surface area (Å²) in [6, 6.07) is 6.87. The van der Waals surface area contributed by atoms with Crippen molar-refractivity contribution in [1.29, 1.82) is 0 Å². The molecule has 1 heterocycles. The summed E-state index contributed by atoms with van der Waals surface area (Å²) in [5.74, 6) is -0.0772. The Morgan fingerprint density at radius 2 is 1.95 bits per heavy atom. The average molecular weight is 293 g/mol. The number of morpholine rings is 1. The van der Waals surface area contributed by atoms with Crippen molar-refractivity contribution in [2.45, 2.75) is 12.5 Å². The molecule has 1 aliphatic heterocycles. The number of hydrogen-bond acceptors (Lipinski definition) is 5. The highest BCUT2D eigenvalue weighted by atomic mass is 16.5. The summed E-state index contributed by atoms with van der Waals surface area (Å²) in [6.07, 6.45) is -0.169. The van der Waals surface area contributed by atoms with Crippen LogP contribution in [0.5, 0.6) is 0 Å². The van der Waals surface area contributed by atoms with E-state index in [4.69, 9.17) is 4.74 Å². The van der Waals surface area contributed by atoms with Gasteiger partial charge in [-0.1, -0.05) is 0 Å². The highest BCUT2D eigenvalue weighted by Gasteiger charge is 2.16. The molecule has 1 atom stereocenters. The van der Waals surface area contributed by atoms with Crippen molar-refractivity contribution in [3.63, 3.8) is 0 Å². The SMILES string of the molecule is COC(=O)Nc1ccc(NC(=O)CC2COCCN2)cc1. The quantitative estimate of drug-likeness (QED) is 0.776. The smallest absolute Gasteiger partial charge is 0.411 e. The second-order valence-corrected chi connectivity index (χ2v) is 4.67. The molecule has 2 rings (SSSR count). The number of carbonyl (C=O) groups is 2. The Morgan fingerprint density at radius 1 is 1.29 bits per heavy atom. The van der Waals surface area contributed by atoms with Gasteiger partial charge in [-0.2, -0.15) is 0 Å². The van der Waals surface area contributed by atoms with E-state index >= 15 is 0 Å². The van der Waals surface area contributed by atoms with Crippen LogP contribution in [0.15, 0.2) is 24.3 Å². The third-order valence-corrected chi connectivity index (χ3v) is 3.03. The molecule has 1 aromatic rings. The molecule has 1 aromatic carbocycles. The van der Waals surface area contributed by atoms with E-state index in [1.54, 1.807) is 24.3 Å². The van der Waals surface area contributed by atoms with Gasteiger partial charge in [-0.15, -0.1) is 0 Å². The number of hydrogen-bond donors (Lipinski definition) is 3. The van der Waals surface area contributed by atoms with Crippen LogP contribution < -0.4 is 16.0 Å². The molecule has 0 bridgehead atoms. The molecule has 21 heavy (non-hydrogen) atoms. The number of benzene rings is 1. The lowest BCUT2D eigenvalue weighted by Gasteiger charge is -2.23. The lowest BCUT2D eigenvalue weighted by Crippen LogP contribution is -2.43. The Labute approximate surface area is 123 Å². The summed E-state index contributed by atoms with van der Waals surface area (Å²) in [7, 11) is 1.30. The normalized spacial score (nSPS) is 17.9. The third kappa shape index (κ3) is 5.05. The van der Waals surface area contributed by atoms with Gasteiger partial charge in [0.2, 0.25) is 5.91 Å². The molecule has 1 aliphatic rings. The molecule has 0 saturated carbocycles. The molecule has 1 fully saturated rings. The second-order valence-electron chi connectivity index (χ2n) is 4.67. The van der Waals surface area contributed by atoms with Gasteiger partial charge in [-0.25, -0.2) is 4.79 Å². The monoisotopic (exact) mass is 293 g/mol. The molecule has 0 spiro atoms. The maximum absolute atomic E-state index is 11.9. The van der Waals surface area contributed by atoms with Crippen molar-refractivity contribution >= 4 is 23.4 Å². The molecule has 0 radical (unpaired) electrons. The van der Waals surface area contributed by atoms with Crippen molar-refractivity contribution in [3.8, 4) is 0 Å². The minimum atomic E-state index is -0.532. The molecule has 2 amide bonds. The number of anilines is 2. The van der Waals surface area contributed by atoms with Gasteiger partial charge in [0.15, 0.2) is 0 Å². The van der Waals surface area contributed by atoms with Crippen LogP contribution in [0.25, 0.3) is 0 Å². The van der Waals surface area contributed by atoms with Crippen LogP contribution in [-0.2, 0) is 14.3 Å². The molecule has 7 heteroatoms. The van der Waals surface area contributed by atoms with E-state index in [9.17, 15) is 9.59 Å². The number of methoxy groups -OCH3 is 1. The first kappa shape index (κ1) is 15.3. The molecule has 1 unspecified atom stereocenters. The van der Waals surface area contributed by atoms with Crippen molar-refractivity contribution in [3.05, 3.63) is 24.3 Å². The largest absolute Gasteiger partial charge is 0.453 e. The highest BCUT2D eigenvalue weighted by Crippen LogP contribution is 2.14. The standard InChI is InChI=1S/C14H19N3O4/c1-20-14(19)17-11-4-2-10(3-5-11)16-13(18)8-12-9-21-7-6-15-12/h2-5,12,15H,6-9H2,1H3,(H,16,18)(H,17,19). The van der Waals surface area contributed by atoms with Gasteiger partial charge in [0.05, 0.1) is 20.3 Å². The third-order valence-electron chi connectivity index (χ3n) is 3.03. The topological polar surface area (TPSA) is 88.7 Å². The van der Waals surface area contributed by atoms with Gasteiger partial charge in [0, 0.05) is 30.4 Å². The first-order chi connectivity index (χ1) is 10.2. The molecule has 1 saturated heterocycles. The summed E-state index contributed by atoms with van der Waals surface area (Å²) in [5.41, 5.74) is 1.27. The Morgan fingerprint density at radius 3 is 2.52 bits per heavy atom. The van der Waals surface area contributed by atoms with Gasteiger partial charge in [-0.05, 0) is 24.3 Å². The van der Waals surface area contributed by atoms with E-state index in [2.05, 4.69) is 20.7 Å².